The summed E-state index contributed by atoms with van der Waals surface area (Å²) in [6.45, 7) is 1.79. The van der Waals surface area contributed by atoms with Crippen molar-refractivity contribution in [1.29, 1.82) is 0 Å². The van der Waals surface area contributed by atoms with Crippen molar-refractivity contribution in [1.82, 2.24) is 0 Å². The molecule has 0 aliphatic heterocycles. The van der Waals surface area contributed by atoms with Gasteiger partial charge in [-0.15, -0.1) is 23.6 Å². The molecule has 0 aliphatic carbocycles. The molecule has 1 N–H and O–H groups in total. The molecule has 0 bridgehead atoms. The van der Waals surface area contributed by atoms with Gasteiger partial charge in [-0.25, -0.2) is 0 Å². The topological polar surface area (TPSA) is 20.2 Å². The van der Waals surface area contributed by atoms with E-state index in [4.69, 9.17) is 0 Å². The Balaban J connectivity index is 2.42. The molecular formula is C12H13BrOS. The zero-order valence-electron chi connectivity index (χ0n) is 8.53. The van der Waals surface area contributed by atoms with Crippen molar-refractivity contribution in [3.63, 3.8) is 0 Å². The number of hydrogen-bond acceptors (Lipinski definition) is 2. The Bertz CT molecular complexity index is 367. The van der Waals surface area contributed by atoms with E-state index in [1.54, 1.807) is 18.7 Å². The van der Waals surface area contributed by atoms with E-state index in [9.17, 15) is 5.11 Å². The highest BCUT2D eigenvalue weighted by atomic mass is 79.9. The molecule has 0 spiro atoms. The van der Waals surface area contributed by atoms with Crippen LogP contribution in [0.1, 0.15) is 13.3 Å². The number of aliphatic hydroxyl groups excluding tert-OH is 1. The van der Waals surface area contributed by atoms with Crippen LogP contribution < -0.4 is 0 Å². The molecule has 80 valence electrons. The molecular weight excluding hydrogens is 272 g/mol. The van der Waals surface area contributed by atoms with Crippen molar-refractivity contribution < 1.29 is 5.11 Å². The molecule has 0 heterocycles. The third kappa shape index (κ3) is 4.74. The second-order valence-corrected chi connectivity index (χ2v) is 4.94. The Morgan fingerprint density at radius 3 is 2.87 bits per heavy atom. The number of rotatable bonds is 4. The van der Waals surface area contributed by atoms with Crippen molar-refractivity contribution >= 4 is 27.7 Å². The predicted octanol–water partition coefficient (Wildman–Crippen LogP) is 3.32. The monoisotopic (exact) mass is 284 g/mol. The maximum Gasteiger partial charge on any atom is 0.0743 e. The van der Waals surface area contributed by atoms with Crippen molar-refractivity contribution in [2.24, 2.45) is 0 Å². The van der Waals surface area contributed by atoms with E-state index in [2.05, 4.69) is 27.8 Å². The Morgan fingerprint density at radius 1 is 1.47 bits per heavy atom. The lowest BCUT2D eigenvalue weighted by Crippen LogP contribution is -2.08. The number of thioether (sulfide) groups is 1. The molecule has 1 rings (SSSR count). The van der Waals surface area contributed by atoms with Gasteiger partial charge in [0.15, 0.2) is 0 Å². The normalized spacial score (nSPS) is 11.7. The fourth-order valence-corrected chi connectivity index (χ4v) is 2.53. The van der Waals surface area contributed by atoms with Crippen LogP contribution in [-0.2, 0) is 0 Å². The molecule has 0 saturated heterocycles. The average Bonchev–Trinajstić information content (AvgIpc) is 2.25. The second kappa shape index (κ2) is 6.95. The van der Waals surface area contributed by atoms with Gasteiger partial charge in [-0.05, 0) is 35.0 Å². The van der Waals surface area contributed by atoms with E-state index >= 15 is 0 Å². The van der Waals surface area contributed by atoms with E-state index < -0.39 is 0 Å². The molecule has 15 heavy (non-hydrogen) atoms. The van der Waals surface area contributed by atoms with Crippen LogP contribution in [0.15, 0.2) is 33.6 Å². The largest absolute Gasteiger partial charge is 0.391 e. The molecule has 1 unspecified atom stereocenters. The Labute approximate surface area is 103 Å². The molecule has 3 heteroatoms. The summed E-state index contributed by atoms with van der Waals surface area (Å²) in [6, 6.07) is 8.01. The van der Waals surface area contributed by atoms with Gasteiger partial charge in [-0.3, -0.25) is 0 Å². The van der Waals surface area contributed by atoms with Gasteiger partial charge >= 0.3 is 0 Å². The maximum atomic E-state index is 9.59. The molecule has 0 saturated carbocycles. The van der Waals surface area contributed by atoms with Crippen LogP contribution in [0, 0.1) is 11.8 Å². The van der Waals surface area contributed by atoms with E-state index in [1.165, 1.54) is 0 Å². The first-order valence-electron chi connectivity index (χ1n) is 4.69. The van der Waals surface area contributed by atoms with Gasteiger partial charge in [-0.1, -0.05) is 12.1 Å². The third-order valence-corrected chi connectivity index (χ3v) is 3.95. The highest BCUT2D eigenvalue weighted by Gasteiger charge is 2.05. The van der Waals surface area contributed by atoms with Gasteiger partial charge < -0.3 is 5.11 Å². The van der Waals surface area contributed by atoms with Gasteiger partial charge in [0, 0.05) is 21.5 Å². The van der Waals surface area contributed by atoms with Crippen LogP contribution in [-0.4, -0.2) is 17.0 Å². The Hall–Kier alpha value is -0.430. The lowest BCUT2D eigenvalue weighted by molar-refractivity contribution is 0.205. The molecule has 1 atom stereocenters. The number of halogens is 1. The van der Waals surface area contributed by atoms with E-state index in [0.29, 0.717) is 12.2 Å². The van der Waals surface area contributed by atoms with Crippen molar-refractivity contribution in [3.05, 3.63) is 28.7 Å². The summed E-state index contributed by atoms with van der Waals surface area (Å²) in [5, 5.41) is 9.59. The quantitative estimate of drug-likeness (QED) is 0.676. The van der Waals surface area contributed by atoms with Gasteiger partial charge in [-0.2, -0.15) is 0 Å². The first-order chi connectivity index (χ1) is 7.24. The summed E-state index contributed by atoms with van der Waals surface area (Å²) in [5.41, 5.74) is 0. The van der Waals surface area contributed by atoms with Gasteiger partial charge in [0.25, 0.3) is 0 Å². The van der Waals surface area contributed by atoms with Gasteiger partial charge in [0.2, 0.25) is 0 Å². The molecule has 0 aromatic heterocycles. The molecule has 0 fully saturated rings. The fraction of sp³-hybridized carbons (Fsp3) is 0.333. The summed E-state index contributed by atoms with van der Waals surface area (Å²) in [7, 11) is 0. The minimum absolute atomic E-state index is 0.352. The lowest BCUT2D eigenvalue weighted by Gasteiger charge is -2.07. The third-order valence-electron chi connectivity index (χ3n) is 1.78. The van der Waals surface area contributed by atoms with E-state index in [1.807, 2.05) is 24.3 Å². The molecule has 0 aliphatic rings. The second-order valence-electron chi connectivity index (χ2n) is 3.03. The van der Waals surface area contributed by atoms with Crippen LogP contribution >= 0.6 is 27.7 Å². The van der Waals surface area contributed by atoms with Crippen LogP contribution in [0.4, 0.5) is 0 Å². The van der Waals surface area contributed by atoms with Crippen LogP contribution in [0.5, 0.6) is 0 Å². The fourth-order valence-electron chi connectivity index (χ4n) is 1.03. The highest BCUT2D eigenvalue weighted by Crippen LogP contribution is 2.27. The lowest BCUT2D eigenvalue weighted by atomic mass is 10.3. The van der Waals surface area contributed by atoms with Gasteiger partial charge in [0.1, 0.15) is 0 Å². The SMILES string of the molecule is CC#CCC(O)CSc1ccccc1Br. The smallest absolute Gasteiger partial charge is 0.0743 e. The predicted molar refractivity (Wildman–Crippen MR) is 68.9 cm³/mol. The molecule has 1 nitrogen and oxygen atoms in total. The summed E-state index contributed by atoms with van der Waals surface area (Å²) < 4.78 is 1.07. The van der Waals surface area contributed by atoms with Gasteiger partial charge in [0.05, 0.1) is 6.10 Å². The average molecular weight is 285 g/mol. The first-order valence-corrected chi connectivity index (χ1v) is 6.47. The molecule has 0 radical (unpaired) electrons. The van der Waals surface area contributed by atoms with Crippen molar-refractivity contribution in [2.75, 3.05) is 5.75 Å². The highest BCUT2D eigenvalue weighted by molar-refractivity contribution is 9.10. The minimum Gasteiger partial charge on any atom is -0.391 e. The van der Waals surface area contributed by atoms with Crippen molar-refractivity contribution in [2.45, 2.75) is 24.3 Å². The Kier molecular flexibility index (Phi) is 5.85. The number of aliphatic hydroxyl groups is 1. The summed E-state index contributed by atoms with van der Waals surface area (Å²) >= 11 is 5.11. The summed E-state index contributed by atoms with van der Waals surface area (Å²) in [4.78, 5) is 1.15. The summed E-state index contributed by atoms with van der Waals surface area (Å²) in [6.07, 6.45) is 0.197. The Morgan fingerprint density at radius 2 is 2.20 bits per heavy atom. The summed E-state index contributed by atoms with van der Waals surface area (Å²) in [5.74, 6) is 6.33. The first kappa shape index (κ1) is 12.6. The van der Waals surface area contributed by atoms with Crippen LogP contribution in [0.3, 0.4) is 0 Å². The zero-order valence-corrected chi connectivity index (χ0v) is 10.9. The van der Waals surface area contributed by atoms with Crippen molar-refractivity contribution in [3.8, 4) is 11.8 Å². The molecule has 1 aromatic rings. The number of hydrogen-bond donors (Lipinski definition) is 1. The van der Waals surface area contributed by atoms with E-state index in [0.717, 1.165) is 9.37 Å². The standard InChI is InChI=1S/C12H13BrOS/c1-2-3-6-10(14)9-15-12-8-5-4-7-11(12)13/h4-5,7-8,10,14H,6,9H2,1H3. The maximum absolute atomic E-state index is 9.59. The van der Waals surface area contributed by atoms with E-state index in [-0.39, 0.29) is 6.10 Å². The molecule has 1 aromatic carbocycles. The number of benzene rings is 1. The zero-order chi connectivity index (χ0) is 11.1. The minimum atomic E-state index is -0.352. The van der Waals surface area contributed by atoms with Crippen LogP contribution in [0.25, 0.3) is 0 Å². The molecule has 0 amide bonds. The van der Waals surface area contributed by atoms with Crippen LogP contribution in [0.2, 0.25) is 0 Å².